The van der Waals surface area contributed by atoms with Gasteiger partial charge in [0.15, 0.2) is 0 Å². The van der Waals surface area contributed by atoms with E-state index in [9.17, 15) is 5.11 Å². The van der Waals surface area contributed by atoms with Gasteiger partial charge in [0.1, 0.15) is 0 Å². The molecule has 1 N–H and O–H groups in total. The van der Waals surface area contributed by atoms with Gasteiger partial charge in [-0.15, -0.1) is 0 Å². The molecule has 2 heteroatoms. The lowest BCUT2D eigenvalue weighted by Gasteiger charge is -2.59. The second kappa shape index (κ2) is 7.22. The standard InChI is InChI=1S/C27H46O2/c1-16(2)7-6-8-17(3)19-9-10-20-23-21(12-14-26(19,20)4)27(5)13-11-18(28)15-22(27)24-25(23)29-24/h16-25,28H,6-15H2,1-5H3/t17-,18-,19+,20-,21+,22-,23+,24-,25+,26-,27-/m1/s1. The van der Waals surface area contributed by atoms with Crippen molar-refractivity contribution in [2.45, 2.75) is 117 Å². The molecule has 4 aliphatic carbocycles. The minimum Gasteiger partial charge on any atom is -0.393 e. The van der Waals surface area contributed by atoms with Gasteiger partial charge in [-0.2, -0.15) is 0 Å². The molecular formula is C27H46O2. The summed E-state index contributed by atoms with van der Waals surface area (Å²) < 4.78 is 6.46. The van der Waals surface area contributed by atoms with E-state index in [2.05, 4.69) is 34.6 Å². The maximum absolute atomic E-state index is 10.3. The molecule has 0 aromatic rings. The molecule has 2 nitrogen and oxygen atoms in total. The second-order valence-electron chi connectivity index (χ2n) is 12.9. The van der Waals surface area contributed by atoms with Gasteiger partial charge in [-0.05, 0) is 97.2 Å². The topological polar surface area (TPSA) is 32.8 Å². The van der Waals surface area contributed by atoms with Crippen LogP contribution in [0.5, 0.6) is 0 Å². The highest BCUT2D eigenvalue weighted by molar-refractivity contribution is 5.18. The summed E-state index contributed by atoms with van der Waals surface area (Å²) in [6.45, 7) is 12.6. The Hall–Kier alpha value is -0.0800. The molecule has 166 valence electrons. The van der Waals surface area contributed by atoms with Crippen molar-refractivity contribution in [1.29, 1.82) is 0 Å². The summed E-state index contributed by atoms with van der Waals surface area (Å²) in [5.74, 6) is 5.82. The van der Waals surface area contributed by atoms with Crippen LogP contribution in [-0.4, -0.2) is 23.4 Å². The Bertz CT molecular complexity index is 616. The van der Waals surface area contributed by atoms with Gasteiger partial charge in [-0.1, -0.05) is 53.9 Å². The van der Waals surface area contributed by atoms with Gasteiger partial charge in [0.2, 0.25) is 0 Å². The highest BCUT2D eigenvalue weighted by Gasteiger charge is 2.70. The van der Waals surface area contributed by atoms with E-state index in [1.54, 1.807) is 0 Å². The smallest absolute Gasteiger partial charge is 0.0879 e. The van der Waals surface area contributed by atoms with E-state index in [-0.39, 0.29) is 6.10 Å². The first-order valence-corrected chi connectivity index (χ1v) is 13.1. The Morgan fingerprint density at radius 3 is 2.34 bits per heavy atom. The van der Waals surface area contributed by atoms with Gasteiger partial charge in [0.25, 0.3) is 0 Å². The monoisotopic (exact) mass is 402 g/mol. The quantitative estimate of drug-likeness (QED) is 0.536. The maximum atomic E-state index is 10.3. The Kier molecular flexibility index (Phi) is 5.18. The van der Waals surface area contributed by atoms with Crippen molar-refractivity contribution in [3.63, 3.8) is 0 Å². The molecule has 1 heterocycles. The predicted octanol–water partition coefficient (Wildman–Crippen LogP) is 6.46. The first-order valence-electron chi connectivity index (χ1n) is 13.1. The summed E-state index contributed by atoms with van der Waals surface area (Å²) >= 11 is 0. The number of hydrogen-bond acceptors (Lipinski definition) is 2. The lowest BCUT2D eigenvalue weighted by molar-refractivity contribution is -0.115. The van der Waals surface area contributed by atoms with Crippen LogP contribution in [0.15, 0.2) is 0 Å². The molecule has 0 radical (unpaired) electrons. The molecule has 4 saturated carbocycles. The third-order valence-electron chi connectivity index (χ3n) is 11.1. The van der Waals surface area contributed by atoms with Crippen LogP contribution >= 0.6 is 0 Å². The Morgan fingerprint density at radius 1 is 0.862 bits per heavy atom. The molecule has 0 aromatic heterocycles. The van der Waals surface area contributed by atoms with E-state index in [1.165, 1.54) is 51.4 Å². The van der Waals surface area contributed by atoms with Gasteiger partial charge in [0, 0.05) is 0 Å². The first kappa shape index (κ1) is 20.8. The van der Waals surface area contributed by atoms with Crippen LogP contribution in [0.25, 0.3) is 0 Å². The minimum atomic E-state index is -0.0779. The number of hydrogen-bond donors (Lipinski definition) is 1. The molecule has 1 saturated heterocycles. The molecule has 5 aliphatic rings. The van der Waals surface area contributed by atoms with E-state index in [0.29, 0.717) is 29.0 Å². The average Bonchev–Trinajstić information content (AvgIpc) is 3.37. The number of aliphatic hydroxyl groups excluding tert-OH is 1. The number of ether oxygens (including phenoxy) is 1. The number of epoxide rings is 1. The van der Waals surface area contributed by atoms with Gasteiger partial charge >= 0.3 is 0 Å². The van der Waals surface area contributed by atoms with Crippen molar-refractivity contribution < 1.29 is 9.84 Å². The molecule has 0 bridgehead atoms. The first-order chi connectivity index (χ1) is 13.8. The third kappa shape index (κ3) is 3.17. The molecule has 5 rings (SSSR count). The van der Waals surface area contributed by atoms with Crippen LogP contribution in [0, 0.1) is 52.3 Å². The molecule has 29 heavy (non-hydrogen) atoms. The largest absolute Gasteiger partial charge is 0.393 e. The lowest BCUT2D eigenvalue weighted by Crippen LogP contribution is -2.57. The molecule has 1 aliphatic heterocycles. The van der Waals surface area contributed by atoms with Crippen LogP contribution in [-0.2, 0) is 4.74 Å². The van der Waals surface area contributed by atoms with Crippen molar-refractivity contribution in [2.24, 2.45) is 52.3 Å². The average molecular weight is 403 g/mol. The molecule has 11 atom stereocenters. The van der Waals surface area contributed by atoms with Crippen molar-refractivity contribution in [2.75, 3.05) is 0 Å². The number of aliphatic hydroxyl groups is 1. The van der Waals surface area contributed by atoms with Gasteiger partial charge in [0.05, 0.1) is 18.3 Å². The van der Waals surface area contributed by atoms with Crippen molar-refractivity contribution in [3.05, 3.63) is 0 Å². The summed E-state index contributed by atoms with van der Waals surface area (Å²) in [5, 5.41) is 10.3. The molecule has 0 unspecified atom stereocenters. The van der Waals surface area contributed by atoms with Crippen LogP contribution < -0.4 is 0 Å². The fourth-order valence-corrected chi connectivity index (χ4v) is 9.53. The van der Waals surface area contributed by atoms with Gasteiger partial charge in [-0.3, -0.25) is 0 Å². The molecule has 0 aromatic carbocycles. The Morgan fingerprint density at radius 2 is 1.59 bits per heavy atom. The predicted molar refractivity (Wildman–Crippen MR) is 119 cm³/mol. The van der Waals surface area contributed by atoms with Crippen molar-refractivity contribution >= 4 is 0 Å². The highest BCUT2D eigenvalue weighted by atomic mass is 16.6. The third-order valence-corrected chi connectivity index (χ3v) is 11.1. The molecule has 0 spiro atoms. The zero-order valence-electron chi connectivity index (χ0n) is 19.7. The van der Waals surface area contributed by atoms with Crippen LogP contribution in [0.1, 0.15) is 98.8 Å². The van der Waals surface area contributed by atoms with E-state index >= 15 is 0 Å². The summed E-state index contributed by atoms with van der Waals surface area (Å²) in [6, 6.07) is 0. The number of rotatable bonds is 5. The normalized spacial score (nSPS) is 54.3. The van der Waals surface area contributed by atoms with Crippen molar-refractivity contribution in [3.8, 4) is 0 Å². The molecular weight excluding hydrogens is 356 g/mol. The Labute approximate surface area is 179 Å². The van der Waals surface area contributed by atoms with E-state index in [0.717, 1.165) is 48.3 Å². The lowest BCUT2D eigenvalue weighted by atomic mass is 9.44. The maximum Gasteiger partial charge on any atom is 0.0879 e. The van der Waals surface area contributed by atoms with E-state index < -0.39 is 0 Å². The summed E-state index contributed by atoms with van der Waals surface area (Å²) in [4.78, 5) is 0. The van der Waals surface area contributed by atoms with Crippen LogP contribution in [0.4, 0.5) is 0 Å². The molecule has 0 amide bonds. The van der Waals surface area contributed by atoms with Gasteiger partial charge < -0.3 is 9.84 Å². The Balaban J connectivity index is 1.34. The SMILES string of the molecule is CC(C)CCC[C@@H](C)[C@@H]1CC[C@@H]2[C@@H]3[C@@H]4O[C@@H]4[C@H]4C[C@H](O)CC[C@]4(C)[C@H]3CC[C@@]21C. The van der Waals surface area contributed by atoms with Crippen LogP contribution in [0.3, 0.4) is 0 Å². The van der Waals surface area contributed by atoms with Crippen molar-refractivity contribution in [1.82, 2.24) is 0 Å². The van der Waals surface area contributed by atoms with E-state index in [4.69, 9.17) is 4.74 Å². The van der Waals surface area contributed by atoms with Gasteiger partial charge in [-0.25, -0.2) is 0 Å². The number of fused-ring (bicyclic) bond motifs is 8. The zero-order chi connectivity index (χ0) is 20.6. The summed E-state index contributed by atoms with van der Waals surface area (Å²) in [5.41, 5.74) is 0.968. The summed E-state index contributed by atoms with van der Waals surface area (Å²) in [7, 11) is 0. The zero-order valence-corrected chi connectivity index (χ0v) is 19.7. The fraction of sp³-hybridized carbons (Fsp3) is 1.00. The second-order valence-corrected chi connectivity index (χ2v) is 12.9. The van der Waals surface area contributed by atoms with Crippen LogP contribution in [0.2, 0.25) is 0 Å². The molecule has 5 fully saturated rings. The fourth-order valence-electron chi connectivity index (χ4n) is 9.53. The minimum absolute atomic E-state index is 0.0779. The summed E-state index contributed by atoms with van der Waals surface area (Å²) in [6.07, 6.45) is 14.2. The van der Waals surface area contributed by atoms with E-state index in [1.807, 2.05) is 0 Å². The highest BCUT2D eigenvalue weighted by Crippen LogP contribution is 2.71.